The van der Waals surface area contributed by atoms with Crippen molar-refractivity contribution in [2.45, 2.75) is 70.4 Å². The van der Waals surface area contributed by atoms with E-state index in [2.05, 4.69) is 38.2 Å². The third-order valence-corrected chi connectivity index (χ3v) is 4.37. The summed E-state index contributed by atoms with van der Waals surface area (Å²) < 4.78 is 0. The van der Waals surface area contributed by atoms with Gasteiger partial charge in [-0.3, -0.25) is 0 Å². The maximum Gasteiger partial charge on any atom is 0.0356 e. The van der Waals surface area contributed by atoms with Gasteiger partial charge < -0.3 is 10.2 Å². The van der Waals surface area contributed by atoms with Crippen LogP contribution in [0.1, 0.15) is 58.8 Å². The summed E-state index contributed by atoms with van der Waals surface area (Å²) in [5.41, 5.74) is 0.404. The van der Waals surface area contributed by atoms with Crippen molar-refractivity contribution in [2.75, 3.05) is 20.6 Å². The molecule has 0 amide bonds. The first-order valence-corrected chi connectivity index (χ1v) is 7.08. The lowest BCUT2D eigenvalue weighted by Gasteiger charge is -2.46. The molecule has 0 saturated heterocycles. The van der Waals surface area contributed by atoms with Gasteiger partial charge in [-0.2, -0.15) is 0 Å². The molecule has 1 aliphatic carbocycles. The summed E-state index contributed by atoms with van der Waals surface area (Å²) in [7, 11) is 4.54. The van der Waals surface area contributed by atoms with Crippen molar-refractivity contribution in [3.8, 4) is 0 Å². The van der Waals surface area contributed by atoms with E-state index in [0.717, 1.165) is 6.54 Å². The van der Waals surface area contributed by atoms with Crippen molar-refractivity contribution >= 4 is 0 Å². The molecule has 0 aromatic heterocycles. The predicted molar refractivity (Wildman–Crippen MR) is 71.9 cm³/mol. The Morgan fingerprint density at radius 3 is 2.00 bits per heavy atom. The highest BCUT2D eigenvalue weighted by atomic mass is 15.2. The minimum Gasteiger partial charge on any atom is -0.312 e. The fourth-order valence-electron chi connectivity index (χ4n) is 3.41. The maximum atomic E-state index is 3.71. The highest BCUT2D eigenvalue weighted by Gasteiger charge is 2.39. The van der Waals surface area contributed by atoms with Crippen molar-refractivity contribution in [1.29, 1.82) is 0 Å². The molecule has 1 saturated carbocycles. The molecule has 0 spiro atoms. The van der Waals surface area contributed by atoms with Crippen LogP contribution in [0.5, 0.6) is 0 Å². The van der Waals surface area contributed by atoms with Crippen LogP contribution in [0.2, 0.25) is 0 Å². The van der Waals surface area contributed by atoms with E-state index in [1.807, 2.05) is 0 Å². The third kappa shape index (κ3) is 2.98. The standard InChI is InChI=1S/C14H30N2/c1-5-13(15-6-2)14(16(3)4)11-9-7-8-10-12-14/h13,15H,5-12H2,1-4H3. The average molecular weight is 226 g/mol. The van der Waals surface area contributed by atoms with Crippen LogP contribution in [-0.2, 0) is 0 Å². The summed E-state index contributed by atoms with van der Waals surface area (Å²) in [6.45, 7) is 5.64. The number of likely N-dealkylation sites (N-methyl/N-ethyl adjacent to an activating group) is 2. The second kappa shape index (κ2) is 6.61. The van der Waals surface area contributed by atoms with Gasteiger partial charge in [0.1, 0.15) is 0 Å². The Morgan fingerprint density at radius 2 is 1.62 bits per heavy atom. The van der Waals surface area contributed by atoms with Gasteiger partial charge in [-0.1, -0.05) is 39.5 Å². The van der Waals surface area contributed by atoms with Gasteiger partial charge in [0.15, 0.2) is 0 Å². The Morgan fingerprint density at radius 1 is 1.06 bits per heavy atom. The van der Waals surface area contributed by atoms with Gasteiger partial charge in [-0.25, -0.2) is 0 Å². The van der Waals surface area contributed by atoms with E-state index in [1.54, 1.807) is 0 Å². The molecule has 1 N–H and O–H groups in total. The zero-order valence-electron chi connectivity index (χ0n) is 11.7. The number of hydrogen-bond donors (Lipinski definition) is 1. The van der Waals surface area contributed by atoms with Crippen LogP contribution < -0.4 is 5.32 Å². The minimum absolute atomic E-state index is 0.404. The first kappa shape index (κ1) is 14.0. The van der Waals surface area contributed by atoms with Crippen LogP contribution in [0, 0.1) is 0 Å². The Labute approximate surface area is 102 Å². The summed E-state index contributed by atoms with van der Waals surface area (Å²) in [5.74, 6) is 0. The van der Waals surface area contributed by atoms with Crippen LogP contribution in [0.15, 0.2) is 0 Å². The van der Waals surface area contributed by atoms with E-state index in [1.165, 1.54) is 44.9 Å². The van der Waals surface area contributed by atoms with Crippen LogP contribution in [-0.4, -0.2) is 37.1 Å². The predicted octanol–water partition coefficient (Wildman–Crippen LogP) is 3.03. The molecule has 1 fully saturated rings. The van der Waals surface area contributed by atoms with Gasteiger partial charge in [0, 0.05) is 11.6 Å². The van der Waals surface area contributed by atoms with Gasteiger partial charge >= 0.3 is 0 Å². The lowest BCUT2D eigenvalue weighted by atomic mass is 9.80. The van der Waals surface area contributed by atoms with Crippen LogP contribution in [0.3, 0.4) is 0 Å². The molecule has 0 radical (unpaired) electrons. The monoisotopic (exact) mass is 226 g/mol. The molecule has 2 heteroatoms. The van der Waals surface area contributed by atoms with Crippen molar-refractivity contribution in [1.82, 2.24) is 10.2 Å². The molecular weight excluding hydrogens is 196 g/mol. The van der Waals surface area contributed by atoms with Crippen LogP contribution in [0.4, 0.5) is 0 Å². The fourth-order valence-corrected chi connectivity index (χ4v) is 3.41. The van der Waals surface area contributed by atoms with Crippen molar-refractivity contribution in [2.24, 2.45) is 0 Å². The quantitative estimate of drug-likeness (QED) is 0.725. The zero-order chi connectivity index (χ0) is 12.0. The van der Waals surface area contributed by atoms with E-state index < -0.39 is 0 Å². The highest BCUT2D eigenvalue weighted by molar-refractivity contribution is 4.99. The fraction of sp³-hybridized carbons (Fsp3) is 1.00. The molecule has 16 heavy (non-hydrogen) atoms. The zero-order valence-corrected chi connectivity index (χ0v) is 11.7. The average Bonchev–Trinajstić information content (AvgIpc) is 2.52. The molecule has 0 bridgehead atoms. The molecule has 96 valence electrons. The maximum absolute atomic E-state index is 3.71. The number of hydrogen-bond acceptors (Lipinski definition) is 2. The molecule has 0 aromatic rings. The molecule has 0 aliphatic heterocycles. The Bertz CT molecular complexity index is 181. The Kier molecular flexibility index (Phi) is 5.77. The molecular formula is C14H30N2. The number of nitrogens with one attached hydrogen (secondary N) is 1. The molecule has 1 aliphatic rings. The summed E-state index contributed by atoms with van der Waals surface area (Å²) >= 11 is 0. The van der Waals surface area contributed by atoms with Gasteiger partial charge in [-0.15, -0.1) is 0 Å². The first-order valence-electron chi connectivity index (χ1n) is 7.08. The Hall–Kier alpha value is -0.0800. The van der Waals surface area contributed by atoms with Crippen molar-refractivity contribution in [3.05, 3.63) is 0 Å². The summed E-state index contributed by atoms with van der Waals surface area (Å²) in [6.07, 6.45) is 9.64. The van der Waals surface area contributed by atoms with Gasteiger partial charge in [0.2, 0.25) is 0 Å². The number of rotatable bonds is 5. The summed E-state index contributed by atoms with van der Waals surface area (Å²) in [5, 5.41) is 3.71. The molecule has 0 aromatic carbocycles. The Balaban J connectivity index is 2.82. The topological polar surface area (TPSA) is 15.3 Å². The molecule has 0 heterocycles. The summed E-state index contributed by atoms with van der Waals surface area (Å²) in [4.78, 5) is 2.50. The van der Waals surface area contributed by atoms with E-state index in [-0.39, 0.29) is 0 Å². The van der Waals surface area contributed by atoms with Gasteiger partial charge in [0.05, 0.1) is 0 Å². The first-order chi connectivity index (χ1) is 7.67. The molecule has 2 nitrogen and oxygen atoms in total. The van der Waals surface area contributed by atoms with Crippen molar-refractivity contribution < 1.29 is 0 Å². The smallest absolute Gasteiger partial charge is 0.0356 e. The van der Waals surface area contributed by atoms with E-state index in [4.69, 9.17) is 0 Å². The van der Waals surface area contributed by atoms with E-state index in [9.17, 15) is 0 Å². The largest absolute Gasteiger partial charge is 0.312 e. The number of nitrogens with zero attached hydrogens (tertiary/aromatic N) is 1. The lowest BCUT2D eigenvalue weighted by Crippen LogP contribution is -2.58. The van der Waals surface area contributed by atoms with Gasteiger partial charge in [-0.05, 0) is 39.9 Å². The van der Waals surface area contributed by atoms with Crippen LogP contribution >= 0.6 is 0 Å². The summed E-state index contributed by atoms with van der Waals surface area (Å²) in [6, 6.07) is 0.658. The highest BCUT2D eigenvalue weighted by Crippen LogP contribution is 2.35. The van der Waals surface area contributed by atoms with E-state index in [0.29, 0.717) is 11.6 Å². The SMILES string of the molecule is CCNC(CC)C1(N(C)C)CCCCCC1. The van der Waals surface area contributed by atoms with E-state index >= 15 is 0 Å². The van der Waals surface area contributed by atoms with Crippen molar-refractivity contribution in [3.63, 3.8) is 0 Å². The normalized spacial score (nSPS) is 23.1. The van der Waals surface area contributed by atoms with Crippen LogP contribution in [0.25, 0.3) is 0 Å². The lowest BCUT2D eigenvalue weighted by molar-refractivity contribution is 0.0791. The third-order valence-electron chi connectivity index (χ3n) is 4.37. The second-order valence-corrected chi connectivity index (χ2v) is 5.43. The molecule has 1 atom stereocenters. The van der Waals surface area contributed by atoms with Gasteiger partial charge in [0.25, 0.3) is 0 Å². The molecule has 1 unspecified atom stereocenters. The minimum atomic E-state index is 0.404. The second-order valence-electron chi connectivity index (χ2n) is 5.43. The molecule has 1 rings (SSSR count).